The van der Waals surface area contributed by atoms with Gasteiger partial charge in [-0.15, -0.1) is 5.56 Å². The molecular weight excluding hydrogens is 552 g/mol. The van der Waals surface area contributed by atoms with E-state index >= 15 is 0 Å². The molecule has 2 aromatic carbocycles. The smallest absolute Gasteiger partial charge is 0.306 e. The standard InChI is InChI=1S/C13H9.3C7H12O2.Ti/c1-3-7-12-10(5-1)9-11-6-2-4-8-13(11)12;3*8-7(9)6-4-2-1-3-5-6;/h1-5,7-8H,9H2;3*6H,1-5H2,(H,8,9);/q-1;;;;. The van der Waals surface area contributed by atoms with E-state index in [-0.39, 0.29) is 39.5 Å². The number of aliphatic carboxylic acids is 3. The monoisotopic (exact) mass is 597 g/mol. The molecule has 0 heterocycles. The maximum Gasteiger partial charge on any atom is 0.306 e. The molecule has 4 aliphatic carbocycles. The van der Waals surface area contributed by atoms with Crippen LogP contribution in [0.3, 0.4) is 0 Å². The van der Waals surface area contributed by atoms with Crippen LogP contribution in [0.2, 0.25) is 0 Å². The zero-order valence-corrected chi connectivity index (χ0v) is 25.7. The van der Waals surface area contributed by atoms with Crippen molar-refractivity contribution in [2.75, 3.05) is 0 Å². The first kappa shape index (κ1) is 34.8. The van der Waals surface area contributed by atoms with Crippen LogP contribution in [0.4, 0.5) is 0 Å². The largest absolute Gasteiger partial charge is 0.481 e. The minimum absolute atomic E-state index is 0. The quantitative estimate of drug-likeness (QED) is 0.208. The second kappa shape index (κ2) is 18.9. The third kappa shape index (κ3) is 11.8. The molecule has 6 nitrogen and oxygen atoms in total. The summed E-state index contributed by atoms with van der Waals surface area (Å²) in [6, 6.07) is 18.1. The van der Waals surface area contributed by atoms with Crippen molar-refractivity contribution in [1.29, 1.82) is 0 Å². The van der Waals surface area contributed by atoms with Gasteiger partial charge in [0.2, 0.25) is 0 Å². The molecule has 0 bridgehead atoms. The summed E-state index contributed by atoms with van der Waals surface area (Å²) in [6.07, 6.45) is 16.8. The molecule has 4 aliphatic rings. The van der Waals surface area contributed by atoms with E-state index in [0.717, 1.165) is 83.5 Å². The van der Waals surface area contributed by atoms with E-state index < -0.39 is 17.9 Å². The Balaban J connectivity index is 0.000000193. The van der Waals surface area contributed by atoms with Crippen molar-refractivity contribution in [1.82, 2.24) is 0 Å². The molecule has 0 amide bonds. The number of carboxylic acid groups (broad SMARTS) is 3. The van der Waals surface area contributed by atoms with Crippen molar-refractivity contribution in [2.45, 2.75) is 103 Å². The topological polar surface area (TPSA) is 112 Å². The molecular formula is C34H45O6Ti-. The SMILES string of the molecule is O=C(O)C1CCCCC1.O=C(O)C1CCCCC1.O=C(O)C1CCCCC1.[Ti].[c-]1cccc2c1Cc1ccccc1-2. The number of hydrogen-bond acceptors (Lipinski definition) is 3. The molecule has 0 saturated heterocycles. The van der Waals surface area contributed by atoms with Crippen LogP contribution < -0.4 is 0 Å². The predicted octanol–water partition coefficient (Wildman–Crippen LogP) is 8.01. The van der Waals surface area contributed by atoms with Crippen LogP contribution in [0.25, 0.3) is 11.1 Å². The number of hydrogen-bond donors (Lipinski definition) is 3. The summed E-state index contributed by atoms with van der Waals surface area (Å²) >= 11 is 0. The van der Waals surface area contributed by atoms with Gasteiger partial charge in [-0.05, 0) is 44.9 Å². The Morgan fingerprint density at radius 3 is 1.34 bits per heavy atom. The van der Waals surface area contributed by atoms with Crippen LogP contribution in [0.5, 0.6) is 0 Å². The van der Waals surface area contributed by atoms with Gasteiger partial charge in [0.05, 0.1) is 17.8 Å². The molecule has 0 atom stereocenters. The van der Waals surface area contributed by atoms with E-state index in [9.17, 15) is 14.4 Å². The molecule has 0 aliphatic heterocycles. The van der Waals surface area contributed by atoms with Crippen LogP contribution in [-0.2, 0) is 42.5 Å². The molecule has 0 spiro atoms. The first-order valence-corrected chi connectivity index (χ1v) is 15.1. The normalized spacial score (nSPS) is 18.2. The van der Waals surface area contributed by atoms with Gasteiger partial charge >= 0.3 is 17.9 Å². The summed E-state index contributed by atoms with van der Waals surface area (Å²) in [5.41, 5.74) is 5.51. The summed E-state index contributed by atoms with van der Waals surface area (Å²) in [5.74, 6) is -1.89. The first-order valence-electron chi connectivity index (χ1n) is 15.1. The Hall–Kier alpha value is -2.44. The Morgan fingerprint density at radius 1 is 0.561 bits per heavy atom. The average Bonchev–Trinajstić information content (AvgIpc) is 3.38. The third-order valence-corrected chi connectivity index (χ3v) is 8.48. The predicted molar refractivity (Wildman–Crippen MR) is 156 cm³/mol. The van der Waals surface area contributed by atoms with Crippen LogP contribution >= 0.6 is 0 Å². The third-order valence-electron chi connectivity index (χ3n) is 8.48. The minimum Gasteiger partial charge on any atom is -0.481 e. The van der Waals surface area contributed by atoms with Gasteiger partial charge in [-0.1, -0.05) is 93.2 Å². The molecule has 7 heteroatoms. The molecule has 2 aromatic rings. The van der Waals surface area contributed by atoms with E-state index in [2.05, 4.69) is 42.5 Å². The fourth-order valence-electron chi connectivity index (χ4n) is 6.05. The van der Waals surface area contributed by atoms with Crippen molar-refractivity contribution < 1.29 is 51.4 Å². The molecule has 3 fully saturated rings. The van der Waals surface area contributed by atoms with E-state index in [4.69, 9.17) is 15.3 Å². The number of benzene rings is 2. The maximum atomic E-state index is 10.4. The van der Waals surface area contributed by atoms with Gasteiger partial charge < -0.3 is 15.3 Å². The van der Waals surface area contributed by atoms with Gasteiger partial charge in [0.25, 0.3) is 0 Å². The first-order chi connectivity index (χ1) is 19.4. The van der Waals surface area contributed by atoms with E-state index in [0.29, 0.717) is 0 Å². The Kier molecular flexibility index (Phi) is 16.0. The number of carbonyl (C=O) groups is 3. The maximum absolute atomic E-state index is 10.4. The molecule has 3 saturated carbocycles. The summed E-state index contributed by atoms with van der Waals surface area (Å²) in [4.78, 5) is 31.1. The van der Waals surface area contributed by atoms with Crippen LogP contribution in [0, 0.1) is 23.8 Å². The van der Waals surface area contributed by atoms with Gasteiger partial charge in [-0.2, -0.15) is 29.8 Å². The van der Waals surface area contributed by atoms with Crippen molar-refractivity contribution in [2.24, 2.45) is 17.8 Å². The van der Waals surface area contributed by atoms with Gasteiger partial charge in [0, 0.05) is 21.7 Å². The van der Waals surface area contributed by atoms with Gasteiger partial charge in [-0.25, -0.2) is 0 Å². The minimum atomic E-state index is -0.602. The summed E-state index contributed by atoms with van der Waals surface area (Å²) in [6.45, 7) is 0. The molecule has 0 aromatic heterocycles. The fraction of sp³-hybridized carbons (Fsp3) is 0.559. The zero-order chi connectivity index (χ0) is 28.7. The molecule has 0 unspecified atom stereocenters. The Bertz CT molecular complexity index is 972. The number of carboxylic acids is 3. The van der Waals surface area contributed by atoms with E-state index in [1.165, 1.54) is 41.5 Å². The molecule has 6 rings (SSSR count). The van der Waals surface area contributed by atoms with Crippen LogP contribution in [-0.4, -0.2) is 33.2 Å². The van der Waals surface area contributed by atoms with Crippen molar-refractivity contribution in [3.05, 3.63) is 59.7 Å². The van der Waals surface area contributed by atoms with Crippen molar-refractivity contribution >= 4 is 17.9 Å². The van der Waals surface area contributed by atoms with E-state index in [1.54, 1.807) is 0 Å². The van der Waals surface area contributed by atoms with Gasteiger partial charge in [0.1, 0.15) is 0 Å². The van der Waals surface area contributed by atoms with Crippen molar-refractivity contribution in [3.8, 4) is 11.1 Å². The molecule has 41 heavy (non-hydrogen) atoms. The number of fused-ring (bicyclic) bond motifs is 3. The summed E-state index contributed by atoms with van der Waals surface area (Å²) < 4.78 is 0. The Morgan fingerprint density at radius 2 is 0.951 bits per heavy atom. The summed E-state index contributed by atoms with van der Waals surface area (Å²) in [7, 11) is 0. The Labute approximate surface area is 259 Å². The average molecular weight is 598 g/mol. The second-order valence-electron chi connectivity index (χ2n) is 11.4. The summed E-state index contributed by atoms with van der Waals surface area (Å²) in [5, 5.41) is 25.6. The van der Waals surface area contributed by atoms with Gasteiger partial charge in [0.15, 0.2) is 0 Å². The molecule has 3 N–H and O–H groups in total. The van der Waals surface area contributed by atoms with Crippen LogP contribution in [0.15, 0.2) is 42.5 Å². The second-order valence-corrected chi connectivity index (χ2v) is 11.4. The molecule has 0 radical (unpaired) electrons. The molecule has 222 valence electrons. The number of rotatable bonds is 3. The van der Waals surface area contributed by atoms with Crippen LogP contribution in [0.1, 0.15) is 107 Å². The van der Waals surface area contributed by atoms with Gasteiger partial charge in [-0.3, -0.25) is 14.4 Å². The van der Waals surface area contributed by atoms with Crippen molar-refractivity contribution in [3.63, 3.8) is 0 Å². The van der Waals surface area contributed by atoms with E-state index in [1.807, 2.05) is 6.07 Å². The zero-order valence-electron chi connectivity index (χ0n) is 24.2. The fourth-order valence-corrected chi connectivity index (χ4v) is 6.05.